The molecule has 154 valence electrons. The normalized spacial score (nSPS) is 10.5. The van der Waals surface area contributed by atoms with Gasteiger partial charge < -0.3 is 14.6 Å². The van der Waals surface area contributed by atoms with Crippen molar-refractivity contribution in [3.8, 4) is 11.8 Å². The van der Waals surface area contributed by atoms with Gasteiger partial charge in [0.1, 0.15) is 23.5 Å². The Hall–Kier alpha value is -3.24. The topological polar surface area (TPSA) is 67.0 Å². The second-order valence-corrected chi connectivity index (χ2v) is 7.76. The highest BCUT2D eigenvalue weighted by molar-refractivity contribution is 8.00. The van der Waals surface area contributed by atoms with Crippen molar-refractivity contribution in [2.75, 3.05) is 18.2 Å². The molecule has 1 N–H and O–H groups in total. The Labute approximate surface area is 179 Å². The fourth-order valence-corrected chi connectivity index (χ4v) is 3.98. The van der Waals surface area contributed by atoms with Gasteiger partial charge in [-0.2, -0.15) is 5.26 Å². The van der Waals surface area contributed by atoms with Crippen molar-refractivity contribution >= 4 is 23.5 Å². The third-order valence-corrected chi connectivity index (χ3v) is 5.94. The van der Waals surface area contributed by atoms with Gasteiger partial charge in [0.15, 0.2) is 0 Å². The van der Waals surface area contributed by atoms with Crippen LogP contribution < -0.4 is 10.1 Å². The number of halogens is 1. The maximum absolute atomic E-state index is 13.2. The van der Waals surface area contributed by atoms with E-state index in [2.05, 4.69) is 11.4 Å². The molecule has 2 aromatic carbocycles. The number of hydrogen-bond acceptors (Lipinski definition) is 4. The van der Waals surface area contributed by atoms with Crippen molar-refractivity contribution in [2.45, 2.75) is 25.3 Å². The Morgan fingerprint density at radius 2 is 1.90 bits per heavy atom. The van der Waals surface area contributed by atoms with Crippen molar-refractivity contribution in [1.82, 2.24) is 4.57 Å². The molecule has 0 unspecified atom stereocenters. The summed E-state index contributed by atoms with van der Waals surface area (Å²) in [6.07, 6.45) is 0. The number of anilines is 1. The second-order valence-electron chi connectivity index (χ2n) is 6.75. The third kappa shape index (κ3) is 4.66. The Bertz CT molecular complexity index is 1100. The summed E-state index contributed by atoms with van der Waals surface area (Å²) in [5.74, 6) is 0.811. The van der Waals surface area contributed by atoms with E-state index in [1.54, 1.807) is 19.2 Å². The molecule has 0 aliphatic carbocycles. The van der Waals surface area contributed by atoms with E-state index in [4.69, 9.17) is 4.74 Å². The summed E-state index contributed by atoms with van der Waals surface area (Å²) in [4.78, 5) is 13.5. The van der Waals surface area contributed by atoms with Gasteiger partial charge in [0.25, 0.3) is 0 Å². The lowest BCUT2D eigenvalue weighted by molar-refractivity contribution is -0.113. The highest BCUT2D eigenvalue weighted by Gasteiger charge is 2.20. The molecule has 1 heterocycles. The maximum Gasteiger partial charge on any atom is 0.235 e. The first-order valence-electron chi connectivity index (χ1n) is 9.34. The van der Waals surface area contributed by atoms with Crippen LogP contribution in [0, 0.1) is 31.0 Å². The summed E-state index contributed by atoms with van der Waals surface area (Å²) < 4.78 is 20.4. The minimum atomic E-state index is -0.307. The lowest BCUT2D eigenvalue weighted by atomic mass is 10.2. The summed E-state index contributed by atoms with van der Waals surface area (Å²) in [6.45, 7) is 4.18. The lowest BCUT2D eigenvalue weighted by Gasteiger charge is -2.14. The van der Waals surface area contributed by atoms with E-state index >= 15 is 0 Å². The molecule has 0 aliphatic heterocycles. The van der Waals surface area contributed by atoms with Crippen molar-refractivity contribution in [1.29, 1.82) is 5.26 Å². The molecule has 1 aromatic heterocycles. The van der Waals surface area contributed by atoms with E-state index in [9.17, 15) is 14.4 Å². The van der Waals surface area contributed by atoms with Crippen LogP contribution in [-0.4, -0.2) is 23.3 Å². The van der Waals surface area contributed by atoms with E-state index in [0.717, 1.165) is 21.7 Å². The molecular formula is C23H22FN3O2S. The SMILES string of the molecule is COc1ccccc1SCC(=O)Nc1c(C#N)c(C)c(C)n1Cc1ccc(F)cc1. The van der Waals surface area contributed by atoms with Gasteiger partial charge in [-0.25, -0.2) is 4.39 Å². The molecule has 0 saturated carbocycles. The number of benzene rings is 2. The van der Waals surface area contributed by atoms with Crippen LogP contribution >= 0.6 is 11.8 Å². The van der Waals surface area contributed by atoms with Gasteiger partial charge in [-0.05, 0) is 49.2 Å². The van der Waals surface area contributed by atoms with Crippen LogP contribution in [-0.2, 0) is 11.3 Å². The molecular weight excluding hydrogens is 401 g/mol. The summed E-state index contributed by atoms with van der Waals surface area (Å²) in [6, 6.07) is 15.9. The monoisotopic (exact) mass is 423 g/mol. The zero-order valence-electron chi connectivity index (χ0n) is 17.0. The minimum Gasteiger partial charge on any atom is -0.496 e. The molecule has 0 atom stereocenters. The minimum absolute atomic E-state index is 0.172. The van der Waals surface area contributed by atoms with Crippen molar-refractivity contribution in [3.05, 3.63) is 76.7 Å². The predicted molar refractivity (Wildman–Crippen MR) is 116 cm³/mol. The lowest BCUT2D eigenvalue weighted by Crippen LogP contribution is -2.18. The number of carbonyl (C=O) groups excluding carboxylic acids is 1. The van der Waals surface area contributed by atoms with Gasteiger partial charge in [-0.15, -0.1) is 11.8 Å². The highest BCUT2D eigenvalue weighted by atomic mass is 32.2. The molecule has 0 fully saturated rings. The average Bonchev–Trinajstić information content (AvgIpc) is 2.97. The second kappa shape index (κ2) is 9.51. The maximum atomic E-state index is 13.2. The molecule has 1 amide bonds. The number of nitrogens with zero attached hydrogens (tertiary/aromatic N) is 2. The fourth-order valence-electron chi connectivity index (χ4n) is 3.15. The number of amides is 1. The largest absolute Gasteiger partial charge is 0.496 e. The molecule has 0 saturated heterocycles. The molecule has 0 aliphatic rings. The Morgan fingerprint density at radius 1 is 1.20 bits per heavy atom. The molecule has 0 radical (unpaired) electrons. The van der Waals surface area contributed by atoms with Crippen LogP contribution in [0.25, 0.3) is 0 Å². The van der Waals surface area contributed by atoms with Gasteiger partial charge in [0.2, 0.25) is 5.91 Å². The van der Waals surface area contributed by atoms with Crippen LogP contribution in [0.3, 0.4) is 0 Å². The molecule has 3 aromatic rings. The van der Waals surface area contributed by atoms with Gasteiger partial charge in [-0.1, -0.05) is 24.3 Å². The highest BCUT2D eigenvalue weighted by Crippen LogP contribution is 2.30. The number of carbonyl (C=O) groups is 1. The standard InChI is InChI=1S/C23H22FN3O2S/c1-15-16(2)27(13-17-8-10-18(24)11-9-17)23(19(15)12-25)26-22(28)14-30-21-7-5-4-6-20(21)29-3/h4-11H,13-14H2,1-3H3,(H,26,28). The van der Waals surface area contributed by atoms with Crippen molar-refractivity contribution in [3.63, 3.8) is 0 Å². The molecule has 3 rings (SSSR count). The number of ether oxygens (including phenoxy) is 1. The Balaban J connectivity index is 1.82. The first kappa shape index (κ1) is 21.5. The van der Waals surface area contributed by atoms with Gasteiger partial charge >= 0.3 is 0 Å². The summed E-state index contributed by atoms with van der Waals surface area (Å²) in [7, 11) is 1.59. The molecule has 7 heteroatoms. The van der Waals surface area contributed by atoms with Crippen LogP contribution in [0.15, 0.2) is 53.4 Å². The molecule has 0 bridgehead atoms. The number of para-hydroxylation sites is 1. The van der Waals surface area contributed by atoms with E-state index in [-0.39, 0.29) is 17.5 Å². The van der Waals surface area contributed by atoms with Crippen LogP contribution in [0.1, 0.15) is 22.4 Å². The first-order valence-corrected chi connectivity index (χ1v) is 10.3. The van der Waals surface area contributed by atoms with Gasteiger partial charge in [-0.3, -0.25) is 4.79 Å². The van der Waals surface area contributed by atoms with Crippen LogP contribution in [0.2, 0.25) is 0 Å². The van der Waals surface area contributed by atoms with E-state index < -0.39 is 0 Å². The number of methoxy groups -OCH3 is 1. The number of nitriles is 1. The molecule has 30 heavy (non-hydrogen) atoms. The predicted octanol–water partition coefficient (Wildman–Crippen LogP) is 4.90. The van der Waals surface area contributed by atoms with Crippen molar-refractivity contribution < 1.29 is 13.9 Å². The summed E-state index contributed by atoms with van der Waals surface area (Å²) in [5.41, 5.74) is 3.00. The summed E-state index contributed by atoms with van der Waals surface area (Å²) >= 11 is 1.36. The zero-order valence-corrected chi connectivity index (χ0v) is 17.8. The number of rotatable bonds is 7. The number of hydrogen-bond donors (Lipinski definition) is 1. The Kier molecular flexibility index (Phi) is 6.80. The smallest absolute Gasteiger partial charge is 0.235 e. The first-order chi connectivity index (χ1) is 14.4. The van der Waals surface area contributed by atoms with E-state index in [1.807, 2.05) is 42.7 Å². The third-order valence-electron chi connectivity index (χ3n) is 4.88. The number of nitrogens with one attached hydrogen (secondary N) is 1. The summed E-state index contributed by atoms with van der Waals surface area (Å²) in [5, 5.41) is 12.5. The van der Waals surface area contributed by atoms with E-state index in [0.29, 0.717) is 23.7 Å². The zero-order chi connectivity index (χ0) is 21.7. The van der Waals surface area contributed by atoms with Gasteiger partial charge in [0.05, 0.1) is 18.4 Å². The van der Waals surface area contributed by atoms with E-state index in [1.165, 1.54) is 23.9 Å². The van der Waals surface area contributed by atoms with Gasteiger partial charge in [0, 0.05) is 17.1 Å². The quantitative estimate of drug-likeness (QED) is 0.549. The van der Waals surface area contributed by atoms with Crippen LogP contribution in [0.4, 0.5) is 10.2 Å². The molecule has 5 nitrogen and oxygen atoms in total. The Morgan fingerprint density at radius 3 is 2.57 bits per heavy atom. The van der Waals surface area contributed by atoms with Crippen molar-refractivity contribution in [2.24, 2.45) is 0 Å². The fraction of sp³-hybridized carbons (Fsp3) is 0.217. The number of aromatic nitrogens is 1. The van der Waals surface area contributed by atoms with Crippen LogP contribution in [0.5, 0.6) is 5.75 Å². The molecule has 0 spiro atoms. The average molecular weight is 424 g/mol. The number of thioether (sulfide) groups is 1.